The van der Waals surface area contributed by atoms with E-state index in [9.17, 15) is 4.79 Å². The van der Waals surface area contributed by atoms with Gasteiger partial charge >= 0.3 is 5.97 Å². The predicted molar refractivity (Wildman–Crippen MR) is 106 cm³/mol. The fraction of sp³-hybridized carbons (Fsp3) is 0.409. The molecule has 2 N–H and O–H groups in total. The van der Waals surface area contributed by atoms with Crippen molar-refractivity contribution >= 4 is 17.6 Å². The molecule has 0 bridgehead atoms. The summed E-state index contributed by atoms with van der Waals surface area (Å²) in [6, 6.07) is 18.9. The molecule has 3 nitrogen and oxygen atoms in total. The van der Waals surface area contributed by atoms with Gasteiger partial charge < -0.3 is 10.4 Å². The van der Waals surface area contributed by atoms with E-state index in [-0.39, 0.29) is 12.5 Å². The topological polar surface area (TPSA) is 49.3 Å². The molecule has 0 saturated heterocycles. The number of carboxylic acid groups (broad SMARTS) is 1. The summed E-state index contributed by atoms with van der Waals surface area (Å²) < 4.78 is 0. The Balaban J connectivity index is 1.72. The molecule has 0 heterocycles. The molecule has 1 saturated carbocycles. The van der Waals surface area contributed by atoms with Crippen molar-refractivity contribution in [3.63, 3.8) is 0 Å². The molecule has 0 aliphatic heterocycles. The Hall–Kier alpha value is -1.84. The van der Waals surface area contributed by atoms with E-state index in [2.05, 4.69) is 23.5 Å². The molecule has 3 unspecified atom stereocenters. The lowest BCUT2D eigenvalue weighted by atomic mass is 9.92. The van der Waals surface area contributed by atoms with E-state index in [1.54, 1.807) is 0 Å². The summed E-state index contributed by atoms with van der Waals surface area (Å²) >= 11 is 6.43. The quantitative estimate of drug-likeness (QED) is 0.683. The molecule has 0 radical (unpaired) electrons. The number of carbonyl (C=O) groups is 1. The lowest BCUT2D eigenvalue weighted by molar-refractivity contribution is -0.137. The molecule has 1 aliphatic rings. The molecule has 26 heavy (non-hydrogen) atoms. The third-order valence-electron chi connectivity index (χ3n) is 5.30. The van der Waals surface area contributed by atoms with Gasteiger partial charge in [0.1, 0.15) is 0 Å². The maximum absolute atomic E-state index is 11.1. The zero-order valence-corrected chi connectivity index (χ0v) is 15.7. The number of benzene rings is 2. The minimum atomic E-state index is -0.737. The number of hydrogen-bond acceptors (Lipinski definition) is 2. The molecular formula is C22H26ClNO2. The molecular weight excluding hydrogens is 346 g/mol. The van der Waals surface area contributed by atoms with E-state index in [4.69, 9.17) is 16.7 Å². The Morgan fingerprint density at radius 3 is 2.58 bits per heavy atom. The summed E-state index contributed by atoms with van der Waals surface area (Å²) in [5.41, 5.74) is 2.45. The number of aliphatic carboxylic acids is 1. The zero-order chi connectivity index (χ0) is 18.4. The van der Waals surface area contributed by atoms with Crippen LogP contribution in [0.2, 0.25) is 5.02 Å². The van der Waals surface area contributed by atoms with Gasteiger partial charge in [0.2, 0.25) is 0 Å². The smallest absolute Gasteiger partial charge is 0.303 e. The monoisotopic (exact) mass is 371 g/mol. The highest BCUT2D eigenvalue weighted by Gasteiger charge is 2.31. The molecule has 1 aliphatic carbocycles. The number of rotatable bonds is 8. The Kier molecular flexibility index (Phi) is 6.70. The lowest BCUT2D eigenvalue weighted by Crippen LogP contribution is -2.41. The van der Waals surface area contributed by atoms with E-state index < -0.39 is 5.97 Å². The van der Waals surface area contributed by atoms with Crippen LogP contribution < -0.4 is 5.32 Å². The molecule has 3 atom stereocenters. The Morgan fingerprint density at radius 2 is 1.85 bits per heavy atom. The van der Waals surface area contributed by atoms with Crippen LogP contribution in [0.25, 0.3) is 0 Å². The van der Waals surface area contributed by atoms with Gasteiger partial charge in [0.25, 0.3) is 0 Å². The van der Waals surface area contributed by atoms with Crippen LogP contribution in [0, 0.1) is 0 Å². The Bertz CT molecular complexity index is 719. The normalized spacial score (nSPS) is 20.8. The van der Waals surface area contributed by atoms with E-state index in [1.165, 1.54) is 17.5 Å². The molecule has 0 aromatic heterocycles. The Morgan fingerprint density at radius 1 is 1.12 bits per heavy atom. The molecule has 138 valence electrons. The summed E-state index contributed by atoms with van der Waals surface area (Å²) in [6.07, 6.45) is 5.07. The molecule has 1 fully saturated rings. The number of carboxylic acids is 1. The number of halogens is 1. The molecule has 2 aromatic rings. The fourth-order valence-electron chi connectivity index (χ4n) is 4.05. The second-order valence-electron chi connectivity index (χ2n) is 7.15. The van der Waals surface area contributed by atoms with Crippen LogP contribution in [-0.4, -0.2) is 23.2 Å². The first-order valence-corrected chi connectivity index (χ1v) is 9.77. The average Bonchev–Trinajstić information content (AvgIpc) is 3.09. The van der Waals surface area contributed by atoms with Gasteiger partial charge in [-0.1, -0.05) is 66.6 Å². The largest absolute Gasteiger partial charge is 0.481 e. The minimum Gasteiger partial charge on any atom is -0.481 e. The van der Waals surface area contributed by atoms with Crippen molar-refractivity contribution in [2.24, 2.45) is 0 Å². The summed E-state index contributed by atoms with van der Waals surface area (Å²) in [5.74, 6) is -0.342. The van der Waals surface area contributed by atoms with Crippen molar-refractivity contribution in [2.75, 3.05) is 0 Å². The highest BCUT2D eigenvalue weighted by atomic mass is 35.5. The molecule has 2 aromatic carbocycles. The zero-order valence-electron chi connectivity index (χ0n) is 14.9. The third-order valence-corrected chi connectivity index (χ3v) is 5.65. The predicted octanol–water partition coefficient (Wildman–Crippen LogP) is 5.04. The van der Waals surface area contributed by atoms with Gasteiger partial charge in [0, 0.05) is 29.4 Å². The molecule has 4 heteroatoms. The SMILES string of the molecule is O=C(O)CCC(Cc1ccccc1)NC1CCCC1c1ccccc1Cl. The van der Waals surface area contributed by atoms with Crippen molar-refractivity contribution in [2.45, 2.75) is 56.5 Å². The van der Waals surface area contributed by atoms with Gasteiger partial charge in [-0.3, -0.25) is 4.79 Å². The number of hydrogen-bond donors (Lipinski definition) is 2. The summed E-state index contributed by atoms with van der Waals surface area (Å²) in [7, 11) is 0. The number of nitrogens with one attached hydrogen (secondary N) is 1. The first kappa shape index (κ1) is 18.9. The summed E-state index contributed by atoms with van der Waals surface area (Å²) in [6.45, 7) is 0. The highest BCUT2D eigenvalue weighted by molar-refractivity contribution is 6.31. The minimum absolute atomic E-state index is 0.154. The average molecular weight is 372 g/mol. The van der Waals surface area contributed by atoms with E-state index in [0.717, 1.165) is 24.3 Å². The van der Waals surface area contributed by atoms with E-state index in [0.29, 0.717) is 18.4 Å². The van der Waals surface area contributed by atoms with Gasteiger partial charge in [-0.2, -0.15) is 0 Å². The maximum atomic E-state index is 11.1. The van der Waals surface area contributed by atoms with Crippen LogP contribution >= 0.6 is 11.6 Å². The summed E-state index contributed by atoms with van der Waals surface area (Å²) in [4.78, 5) is 11.1. The highest BCUT2D eigenvalue weighted by Crippen LogP contribution is 2.38. The van der Waals surface area contributed by atoms with Crippen LogP contribution in [0.4, 0.5) is 0 Å². The van der Waals surface area contributed by atoms with Crippen LogP contribution in [0.15, 0.2) is 54.6 Å². The standard InChI is InChI=1S/C22H26ClNO2/c23-20-11-5-4-9-18(20)19-10-6-12-21(19)24-17(13-14-22(25)26)15-16-7-2-1-3-8-16/h1-5,7-9,11,17,19,21,24H,6,10,12-15H2,(H,25,26). The van der Waals surface area contributed by atoms with Gasteiger partial charge in [0.15, 0.2) is 0 Å². The van der Waals surface area contributed by atoms with Crippen molar-refractivity contribution in [3.8, 4) is 0 Å². The van der Waals surface area contributed by atoms with Crippen molar-refractivity contribution in [3.05, 3.63) is 70.7 Å². The van der Waals surface area contributed by atoms with E-state index in [1.807, 2.05) is 36.4 Å². The summed E-state index contributed by atoms with van der Waals surface area (Å²) in [5, 5.41) is 13.7. The molecule has 0 amide bonds. The van der Waals surface area contributed by atoms with Crippen molar-refractivity contribution in [1.29, 1.82) is 0 Å². The van der Waals surface area contributed by atoms with Gasteiger partial charge in [-0.25, -0.2) is 0 Å². The molecule has 0 spiro atoms. The van der Waals surface area contributed by atoms with Crippen LogP contribution in [-0.2, 0) is 11.2 Å². The third kappa shape index (κ3) is 5.09. The van der Waals surface area contributed by atoms with Crippen LogP contribution in [0.5, 0.6) is 0 Å². The van der Waals surface area contributed by atoms with Crippen LogP contribution in [0.3, 0.4) is 0 Å². The Labute approximate surface area is 160 Å². The van der Waals surface area contributed by atoms with Crippen molar-refractivity contribution < 1.29 is 9.90 Å². The van der Waals surface area contributed by atoms with Gasteiger partial charge in [0.05, 0.1) is 0 Å². The molecule has 3 rings (SSSR count). The van der Waals surface area contributed by atoms with Crippen molar-refractivity contribution in [1.82, 2.24) is 5.32 Å². The fourth-order valence-corrected chi connectivity index (χ4v) is 4.33. The van der Waals surface area contributed by atoms with Gasteiger partial charge in [-0.05, 0) is 42.9 Å². The van der Waals surface area contributed by atoms with Gasteiger partial charge in [-0.15, -0.1) is 0 Å². The first-order chi connectivity index (χ1) is 12.6. The van der Waals surface area contributed by atoms with E-state index >= 15 is 0 Å². The first-order valence-electron chi connectivity index (χ1n) is 9.39. The second-order valence-corrected chi connectivity index (χ2v) is 7.56. The second kappa shape index (κ2) is 9.20. The van der Waals surface area contributed by atoms with Crippen LogP contribution in [0.1, 0.15) is 49.1 Å². The maximum Gasteiger partial charge on any atom is 0.303 e. The lowest BCUT2D eigenvalue weighted by Gasteiger charge is -2.28.